The number of hydrogen-bond acceptors (Lipinski definition) is 2. The molecule has 108 valence electrons. The Bertz CT molecular complexity index is 572. The number of aryl methyl sites for hydroxylation is 1. The summed E-state index contributed by atoms with van der Waals surface area (Å²) in [5.74, 6) is -2.93. The summed E-state index contributed by atoms with van der Waals surface area (Å²) in [7, 11) is 0. The molecule has 0 aliphatic carbocycles. The Labute approximate surface area is 128 Å². The van der Waals surface area contributed by atoms with Gasteiger partial charge in [-0.1, -0.05) is 29.8 Å². The Kier molecular flexibility index (Phi) is 5.96. The van der Waals surface area contributed by atoms with Crippen LogP contribution in [0.5, 0.6) is 0 Å². The highest BCUT2D eigenvalue weighted by molar-refractivity contribution is 7.84. The highest BCUT2D eigenvalue weighted by atomic mass is 35.5. The summed E-state index contributed by atoms with van der Waals surface area (Å²) >= 11 is 9.77. The summed E-state index contributed by atoms with van der Waals surface area (Å²) in [6.07, 6.45) is 7.89. The van der Waals surface area contributed by atoms with E-state index < -0.39 is 5.92 Å². The Morgan fingerprint density at radius 2 is 2.10 bits per heavy atom. The van der Waals surface area contributed by atoms with Gasteiger partial charge in [0.1, 0.15) is 0 Å². The highest BCUT2D eigenvalue weighted by Gasteiger charge is 2.23. The molecule has 0 saturated carbocycles. The predicted octanol–water partition coefficient (Wildman–Crippen LogP) is 5.47. The molecule has 0 fully saturated rings. The molecule has 0 atom stereocenters. The lowest BCUT2D eigenvalue weighted by Gasteiger charge is -2.08. The molecule has 0 unspecified atom stereocenters. The van der Waals surface area contributed by atoms with Crippen molar-refractivity contribution in [3.05, 3.63) is 52.2 Å². The number of pyridine rings is 1. The third-order valence-electron chi connectivity index (χ3n) is 2.57. The summed E-state index contributed by atoms with van der Waals surface area (Å²) in [5.41, 5.74) is 2.45. The first-order chi connectivity index (χ1) is 9.25. The molecule has 5 heteroatoms. The molecule has 0 aliphatic heterocycles. The van der Waals surface area contributed by atoms with Gasteiger partial charge in [0.2, 0.25) is 0 Å². The summed E-state index contributed by atoms with van der Waals surface area (Å²) in [6, 6.07) is 1.89. The Morgan fingerprint density at radius 1 is 1.45 bits per heavy atom. The average Bonchev–Trinajstić information content (AvgIpc) is 2.36. The quantitative estimate of drug-likeness (QED) is 0.574. The zero-order valence-electron chi connectivity index (χ0n) is 11.5. The van der Waals surface area contributed by atoms with Gasteiger partial charge < -0.3 is 0 Å². The molecule has 0 spiro atoms. The number of rotatable bonds is 4. The number of hydrogen-bond donors (Lipinski definition) is 1. The van der Waals surface area contributed by atoms with Gasteiger partial charge >= 0.3 is 0 Å². The molecule has 0 N–H and O–H groups in total. The van der Waals surface area contributed by atoms with E-state index >= 15 is 0 Å². The standard InChI is InChI=1S/C15H16ClF2NS/c1-4-12(16)14-10(2)8-11(9-19-14)6-5-7-13(20)15(3,17)18/h4-9,20H,1-3H3/b6-5+,12-4+,13-7-. The van der Waals surface area contributed by atoms with E-state index in [9.17, 15) is 8.78 Å². The van der Waals surface area contributed by atoms with Gasteiger partial charge in [-0.15, -0.1) is 12.6 Å². The third kappa shape index (κ3) is 4.76. The largest absolute Gasteiger partial charge is 0.275 e. The molecule has 1 heterocycles. The van der Waals surface area contributed by atoms with Crippen LogP contribution >= 0.6 is 24.2 Å². The number of halogens is 3. The van der Waals surface area contributed by atoms with Gasteiger partial charge in [0.15, 0.2) is 0 Å². The van der Waals surface area contributed by atoms with Gasteiger partial charge in [0.25, 0.3) is 5.92 Å². The lowest BCUT2D eigenvalue weighted by Crippen LogP contribution is -2.08. The van der Waals surface area contributed by atoms with Crippen molar-refractivity contribution >= 4 is 35.3 Å². The van der Waals surface area contributed by atoms with E-state index in [0.717, 1.165) is 23.7 Å². The predicted molar refractivity (Wildman–Crippen MR) is 85.2 cm³/mol. The zero-order chi connectivity index (χ0) is 15.3. The first kappa shape index (κ1) is 16.9. The Morgan fingerprint density at radius 3 is 2.60 bits per heavy atom. The lowest BCUT2D eigenvalue weighted by atomic mass is 10.1. The van der Waals surface area contributed by atoms with Crippen LogP contribution in [0.3, 0.4) is 0 Å². The van der Waals surface area contributed by atoms with Crippen LogP contribution < -0.4 is 0 Å². The van der Waals surface area contributed by atoms with Crippen LogP contribution in [0.25, 0.3) is 11.1 Å². The van der Waals surface area contributed by atoms with Crippen molar-refractivity contribution in [2.75, 3.05) is 0 Å². The van der Waals surface area contributed by atoms with Crippen LogP contribution in [-0.2, 0) is 0 Å². The molecule has 1 aromatic rings. The number of thiol groups is 1. The number of allylic oxidation sites excluding steroid dienone is 4. The van der Waals surface area contributed by atoms with E-state index in [0.29, 0.717) is 5.03 Å². The second-order valence-corrected chi connectivity index (χ2v) is 5.26. The van der Waals surface area contributed by atoms with Crippen molar-refractivity contribution in [2.24, 2.45) is 0 Å². The van der Waals surface area contributed by atoms with E-state index in [2.05, 4.69) is 17.6 Å². The molecular weight excluding hydrogens is 300 g/mol. The Hall–Kier alpha value is -1.13. The molecule has 0 bridgehead atoms. The maximum absolute atomic E-state index is 12.9. The second kappa shape index (κ2) is 7.04. The summed E-state index contributed by atoms with van der Waals surface area (Å²) in [4.78, 5) is 3.97. The molecule has 0 aromatic carbocycles. The first-order valence-corrected chi connectivity index (χ1v) is 6.82. The van der Waals surface area contributed by atoms with E-state index in [-0.39, 0.29) is 4.91 Å². The van der Waals surface area contributed by atoms with E-state index in [1.54, 1.807) is 18.3 Å². The second-order valence-electron chi connectivity index (χ2n) is 4.37. The summed E-state index contributed by atoms with van der Waals surface area (Å²) < 4.78 is 25.7. The minimum atomic E-state index is -2.93. The van der Waals surface area contributed by atoms with Gasteiger partial charge in [-0.3, -0.25) is 4.98 Å². The van der Waals surface area contributed by atoms with E-state index in [1.807, 2.05) is 19.9 Å². The maximum atomic E-state index is 12.9. The minimum absolute atomic E-state index is 0.285. The zero-order valence-corrected chi connectivity index (χ0v) is 13.1. The fraction of sp³-hybridized carbons (Fsp3) is 0.267. The molecule has 1 aromatic heterocycles. The van der Waals surface area contributed by atoms with Crippen molar-refractivity contribution in [3.8, 4) is 0 Å². The lowest BCUT2D eigenvalue weighted by molar-refractivity contribution is 0.0734. The number of alkyl halides is 2. The fourth-order valence-corrected chi connectivity index (χ4v) is 1.76. The van der Waals surface area contributed by atoms with E-state index in [1.165, 1.54) is 12.2 Å². The van der Waals surface area contributed by atoms with Gasteiger partial charge in [-0.25, -0.2) is 8.78 Å². The van der Waals surface area contributed by atoms with Crippen LogP contribution in [0.1, 0.15) is 30.7 Å². The smallest absolute Gasteiger partial charge is 0.254 e. The van der Waals surface area contributed by atoms with Crippen molar-refractivity contribution in [2.45, 2.75) is 26.7 Å². The summed E-state index contributed by atoms with van der Waals surface area (Å²) in [5, 5.41) is 0.584. The SMILES string of the molecule is C/C=C(/Cl)c1ncc(/C=C/C=C(\S)C(C)(F)F)cc1C. The van der Waals surface area contributed by atoms with Gasteiger partial charge in [-0.05, 0) is 37.1 Å². The number of aromatic nitrogens is 1. The normalized spacial score (nSPS) is 14.2. The van der Waals surface area contributed by atoms with Crippen molar-refractivity contribution in [1.82, 2.24) is 4.98 Å². The summed E-state index contributed by atoms with van der Waals surface area (Å²) in [6.45, 7) is 4.53. The first-order valence-electron chi connectivity index (χ1n) is 6.00. The van der Waals surface area contributed by atoms with Gasteiger partial charge in [-0.2, -0.15) is 0 Å². The molecule has 0 amide bonds. The fourth-order valence-electron chi connectivity index (χ4n) is 1.47. The Balaban J connectivity index is 2.93. The number of nitrogens with zero attached hydrogens (tertiary/aromatic N) is 1. The molecular formula is C15H16ClF2NS. The van der Waals surface area contributed by atoms with Crippen LogP contribution in [0.15, 0.2) is 35.4 Å². The molecule has 0 radical (unpaired) electrons. The monoisotopic (exact) mass is 315 g/mol. The van der Waals surface area contributed by atoms with Crippen LogP contribution in [0.2, 0.25) is 0 Å². The van der Waals surface area contributed by atoms with Gasteiger partial charge in [0.05, 0.1) is 15.6 Å². The van der Waals surface area contributed by atoms with Crippen LogP contribution in [-0.4, -0.2) is 10.9 Å². The average molecular weight is 316 g/mol. The van der Waals surface area contributed by atoms with E-state index in [4.69, 9.17) is 11.6 Å². The van der Waals surface area contributed by atoms with Crippen LogP contribution in [0.4, 0.5) is 8.78 Å². The van der Waals surface area contributed by atoms with Crippen molar-refractivity contribution in [1.29, 1.82) is 0 Å². The molecule has 20 heavy (non-hydrogen) atoms. The van der Waals surface area contributed by atoms with Crippen molar-refractivity contribution < 1.29 is 8.78 Å². The third-order valence-corrected chi connectivity index (χ3v) is 3.51. The molecule has 0 aliphatic rings. The topological polar surface area (TPSA) is 12.9 Å². The highest BCUT2D eigenvalue weighted by Crippen LogP contribution is 2.26. The molecule has 1 nitrogen and oxygen atoms in total. The minimum Gasteiger partial charge on any atom is -0.254 e. The molecule has 1 rings (SSSR count). The van der Waals surface area contributed by atoms with Crippen molar-refractivity contribution in [3.63, 3.8) is 0 Å². The van der Waals surface area contributed by atoms with Crippen LogP contribution in [0, 0.1) is 6.92 Å². The van der Waals surface area contributed by atoms with Gasteiger partial charge in [0, 0.05) is 13.1 Å². The maximum Gasteiger partial charge on any atom is 0.275 e. The molecule has 0 saturated heterocycles.